The highest BCUT2D eigenvalue weighted by Gasteiger charge is 2.42. The molecule has 2 fully saturated rings. The van der Waals surface area contributed by atoms with Gasteiger partial charge in [-0.15, -0.1) is 0 Å². The van der Waals surface area contributed by atoms with Gasteiger partial charge in [-0.05, 0) is 24.8 Å². The monoisotopic (exact) mass is 375 g/mol. The summed E-state index contributed by atoms with van der Waals surface area (Å²) in [7, 11) is 0. The van der Waals surface area contributed by atoms with Crippen LogP contribution in [-0.4, -0.2) is 41.6 Å². The third-order valence-corrected chi connectivity index (χ3v) is 6.90. The lowest BCUT2D eigenvalue weighted by molar-refractivity contribution is -0.121. The lowest BCUT2D eigenvalue weighted by atomic mass is 9.96. The van der Waals surface area contributed by atoms with Gasteiger partial charge in [0, 0.05) is 29.9 Å². The molecule has 2 saturated heterocycles. The Kier molecular flexibility index (Phi) is 6.83. The van der Waals surface area contributed by atoms with Crippen molar-refractivity contribution in [2.45, 2.75) is 62.3 Å². The normalized spacial score (nSPS) is 25.3. The van der Waals surface area contributed by atoms with Crippen molar-refractivity contribution in [3.05, 3.63) is 35.9 Å². The van der Waals surface area contributed by atoms with E-state index in [1.807, 2.05) is 30.0 Å². The molecule has 0 radical (unpaired) electrons. The zero-order chi connectivity index (χ0) is 18.4. The minimum absolute atomic E-state index is 0.0337. The Bertz CT molecular complexity index is 610. The standard InChI is InChI=1S/C20H29N3O2S/c1-2-14(15-8-4-3-5-9-15)12-21-18(24)11-7-6-10-17-19-16(13-26-17)22-20(25)23-19/h3-5,8-9,14,16-17,19H,2,6-7,10-13H2,1H3,(H,21,24)(H2,22,23,25)/t14-,16-,17-,19-/m0/s1. The summed E-state index contributed by atoms with van der Waals surface area (Å²) < 4.78 is 0. The second-order valence-corrected chi connectivity index (χ2v) is 8.46. The summed E-state index contributed by atoms with van der Waals surface area (Å²) in [6, 6.07) is 10.9. The lowest BCUT2D eigenvalue weighted by Crippen LogP contribution is -2.36. The number of unbranched alkanes of at least 4 members (excludes halogenated alkanes) is 1. The number of benzene rings is 1. The number of hydrogen-bond donors (Lipinski definition) is 3. The van der Waals surface area contributed by atoms with Crippen molar-refractivity contribution >= 4 is 23.7 Å². The van der Waals surface area contributed by atoms with Gasteiger partial charge in [0.15, 0.2) is 0 Å². The smallest absolute Gasteiger partial charge is 0.315 e. The number of fused-ring (bicyclic) bond motifs is 1. The van der Waals surface area contributed by atoms with E-state index in [-0.39, 0.29) is 24.0 Å². The number of rotatable bonds is 9. The van der Waals surface area contributed by atoms with E-state index in [0.717, 1.165) is 31.4 Å². The van der Waals surface area contributed by atoms with Crippen LogP contribution in [0.25, 0.3) is 0 Å². The maximum Gasteiger partial charge on any atom is 0.315 e. The zero-order valence-corrected chi connectivity index (χ0v) is 16.2. The van der Waals surface area contributed by atoms with Gasteiger partial charge in [-0.1, -0.05) is 43.7 Å². The second-order valence-electron chi connectivity index (χ2n) is 7.19. The lowest BCUT2D eigenvalue weighted by Gasteiger charge is -2.17. The molecule has 1 aromatic rings. The minimum atomic E-state index is -0.0337. The Morgan fingerprint density at radius 3 is 2.85 bits per heavy atom. The SMILES string of the molecule is CC[C@@H](CNC(=O)CCCC[C@@H]1SC[C@@H]2NC(=O)N[C@@H]21)c1ccccc1. The molecular weight excluding hydrogens is 346 g/mol. The van der Waals surface area contributed by atoms with Gasteiger partial charge in [0.25, 0.3) is 0 Å². The van der Waals surface area contributed by atoms with E-state index in [0.29, 0.717) is 24.1 Å². The van der Waals surface area contributed by atoms with Crippen molar-refractivity contribution in [1.29, 1.82) is 0 Å². The molecule has 4 atom stereocenters. The highest BCUT2D eigenvalue weighted by molar-refractivity contribution is 8.00. The van der Waals surface area contributed by atoms with Crippen LogP contribution in [-0.2, 0) is 4.79 Å². The Morgan fingerprint density at radius 2 is 2.08 bits per heavy atom. The van der Waals surface area contributed by atoms with Crippen molar-refractivity contribution < 1.29 is 9.59 Å². The van der Waals surface area contributed by atoms with E-state index in [2.05, 4.69) is 35.0 Å². The Hall–Kier alpha value is -1.69. The summed E-state index contributed by atoms with van der Waals surface area (Å²) in [6.45, 7) is 2.87. The van der Waals surface area contributed by atoms with Crippen LogP contribution in [0.2, 0.25) is 0 Å². The molecule has 26 heavy (non-hydrogen) atoms. The molecule has 2 heterocycles. The van der Waals surface area contributed by atoms with Crippen molar-refractivity contribution in [2.24, 2.45) is 0 Å². The Morgan fingerprint density at radius 1 is 1.27 bits per heavy atom. The molecule has 0 saturated carbocycles. The molecule has 2 aliphatic rings. The molecule has 6 heteroatoms. The molecule has 0 bridgehead atoms. The summed E-state index contributed by atoms with van der Waals surface area (Å²) in [4.78, 5) is 23.5. The number of amides is 3. The molecule has 2 aliphatic heterocycles. The first-order valence-electron chi connectivity index (χ1n) is 9.67. The first kappa shape index (κ1) is 19.1. The van der Waals surface area contributed by atoms with Crippen LogP contribution in [0.4, 0.5) is 4.79 Å². The number of thioether (sulfide) groups is 1. The number of hydrogen-bond acceptors (Lipinski definition) is 3. The molecular formula is C20H29N3O2S. The number of carbonyl (C=O) groups is 2. The minimum Gasteiger partial charge on any atom is -0.355 e. The van der Waals surface area contributed by atoms with E-state index in [9.17, 15) is 9.59 Å². The zero-order valence-electron chi connectivity index (χ0n) is 15.4. The fourth-order valence-corrected chi connectivity index (χ4v) is 5.37. The summed E-state index contributed by atoms with van der Waals surface area (Å²) in [5.74, 6) is 1.52. The van der Waals surface area contributed by atoms with Crippen molar-refractivity contribution in [1.82, 2.24) is 16.0 Å². The predicted octanol–water partition coefficient (Wildman–Crippen LogP) is 3.02. The molecule has 5 nitrogen and oxygen atoms in total. The van der Waals surface area contributed by atoms with Gasteiger partial charge in [0.2, 0.25) is 5.91 Å². The largest absolute Gasteiger partial charge is 0.355 e. The number of carbonyl (C=O) groups excluding carboxylic acids is 2. The van der Waals surface area contributed by atoms with Crippen LogP contribution in [0.5, 0.6) is 0 Å². The van der Waals surface area contributed by atoms with Crippen LogP contribution >= 0.6 is 11.8 Å². The molecule has 0 aromatic heterocycles. The molecule has 0 aliphatic carbocycles. The summed E-state index contributed by atoms with van der Waals surface area (Å²) in [6.07, 6.45) is 4.60. The fraction of sp³-hybridized carbons (Fsp3) is 0.600. The van der Waals surface area contributed by atoms with Crippen LogP contribution < -0.4 is 16.0 Å². The number of nitrogens with one attached hydrogen (secondary N) is 3. The topological polar surface area (TPSA) is 70.2 Å². The van der Waals surface area contributed by atoms with Crippen LogP contribution in [0.3, 0.4) is 0 Å². The van der Waals surface area contributed by atoms with E-state index in [1.165, 1.54) is 5.56 Å². The molecule has 3 rings (SSSR count). The van der Waals surface area contributed by atoms with Gasteiger partial charge in [-0.25, -0.2) is 4.79 Å². The molecule has 3 N–H and O–H groups in total. The summed E-state index contributed by atoms with van der Waals surface area (Å²) in [5.41, 5.74) is 1.29. The molecule has 3 amide bonds. The van der Waals surface area contributed by atoms with E-state index < -0.39 is 0 Å². The van der Waals surface area contributed by atoms with Gasteiger partial charge in [0.05, 0.1) is 12.1 Å². The maximum absolute atomic E-state index is 12.1. The fourth-order valence-electron chi connectivity index (χ4n) is 3.82. The van der Waals surface area contributed by atoms with Crippen molar-refractivity contribution in [3.63, 3.8) is 0 Å². The van der Waals surface area contributed by atoms with Crippen molar-refractivity contribution in [3.8, 4) is 0 Å². The second kappa shape index (κ2) is 9.31. The van der Waals surface area contributed by atoms with Gasteiger partial charge in [-0.2, -0.15) is 11.8 Å². The predicted molar refractivity (Wildman–Crippen MR) is 106 cm³/mol. The van der Waals surface area contributed by atoms with Crippen LogP contribution in [0.1, 0.15) is 50.5 Å². The molecule has 0 unspecified atom stereocenters. The maximum atomic E-state index is 12.1. The van der Waals surface area contributed by atoms with Gasteiger partial charge < -0.3 is 16.0 Å². The summed E-state index contributed by atoms with van der Waals surface area (Å²) >= 11 is 1.93. The molecule has 0 spiro atoms. The molecule has 142 valence electrons. The van der Waals surface area contributed by atoms with E-state index in [4.69, 9.17) is 0 Å². The van der Waals surface area contributed by atoms with Gasteiger partial charge >= 0.3 is 6.03 Å². The van der Waals surface area contributed by atoms with Crippen LogP contribution in [0, 0.1) is 0 Å². The quantitative estimate of drug-likeness (QED) is 0.459. The first-order valence-corrected chi connectivity index (χ1v) is 10.7. The Balaban J connectivity index is 1.31. The third kappa shape index (κ3) is 4.93. The first-order chi connectivity index (χ1) is 12.7. The van der Waals surface area contributed by atoms with Gasteiger partial charge in [0.1, 0.15) is 0 Å². The average molecular weight is 376 g/mol. The highest BCUT2D eigenvalue weighted by atomic mass is 32.2. The van der Waals surface area contributed by atoms with Crippen LogP contribution in [0.15, 0.2) is 30.3 Å². The number of urea groups is 1. The molecule has 1 aromatic carbocycles. The van der Waals surface area contributed by atoms with E-state index >= 15 is 0 Å². The van der Waals surface area contributed by atoms with E-state index in [1.54, 1.807) is 0 Å². The van der Waals surface area contributed by atoms with Crippen molar-refractivity contribution in [2.75, 3.05) is 12.3 Å². The highest BCUT2D eigenvalue weighted by Crippen LogP contribution is 2.33. The Labute approximate surface area is 160 Å². The van der Waals surface area contributed by atoms with Gasteiger partial charge in [-0.3, -0.25) is 4.79 Å². The summed E-state index contributed by atoms with van der Waals surface area (Å²) in [5, 5.41) is 9.55. The third-order valence-electron chi connectivity index (χ3n) is 5.39. The average Bonchev–Trinajstić information content (AvgIpc) is 3.19.